The highest BCUT2D eigenvalue weighted by Crippen LogP contribution is 2.29. The second-order valence-corrected chi connectivity index (χ2v) is 7.19. The van der Waals surface area contributed by atoms with Crippen LogP contribution in [0.3, 0.4) is 0 Å². The molecule has 0 atom stereocenters. The maximum Gasteiger partial charge on any atom is 0.368 e. The molecule has 1 heterocycles. The van der Waals surface area contributed by atoms with Gasteiger partial charge in [-0.1, -0.05) is 76.9 Å². The summed E-state index contributed by atoms with van der Waals surface area (Å²) in [4.78, 5) is 17.0. The number of carbonyl (C=O) groups excluding carboxylic acids is 1. The smallest absolute Gasteiger partial charge is 0.368 e. The molecule has 1 aliphatic heterocycles. The molecule has 6 heteroatoms. The zero-order chi connectivity index (χ0) is 20.2. The van der Waals surface area contributed by atoms with Crippen molar-refractivity contribution in [1.82, 2.24) is 0 Å². The number of ether oxygens (including phenoxy) is 1. The predicted octanol–water partition coefficient (Wildman–Crippen LogP) is 5.92. The summed E-state index contributed by atoms with van der Waals surface area (Å²) in [6.07, 6.45) is 1.70. The van der Waals surface area contributed by atoms with Gasteiger partial charge >= 0.3 is 5.97 Å². The summed E-state index contributed by atoms with van der Waals surface area (Å²) in [5, 5.41) is 4.99. The first kappa shape index (κ1) is 19.2. The molecule has 0 bridgehead atoms. The van der Waals surface area contributed by atoms with Crippen LogP contribution in [-0.2, 0) is 16.2 Å². The Hall–Kier alpha value is -3.08. The van der Waals surface area contributed by atoms with Crippen molar-refractivity contribution in [2.45, 2.75) is 6.61 Å². The van der Waals surface area contributed by atoms with Crippen LogP contribution in [0.25, 0.3) is 6.08 Å². The van der Waals surface area contributed by atoms with Gasteiger partial charge in [0.25, 0.3) is 0 Å². The molecular formula is C23H15Cl2NO3. The molecule has 3 aromatic rings. The van der Waals surface area contributed by atoms with Crippen molar-refractivity contribution in [3.05, 3.63) is 105 Å². The average molecular weight is 424 g/mol. The third-order valence-corrected chi connectivity index (χ3v) is 4.82. The van der Waals surface area contributed by atoms with Crippen LogP contribution in [-0.4, -0.2) is 11.7 Å². The van der Waals surface area contributed by atoms with Gasteiger partial charge in [0, 0.05) is 10.6 Å². The van der Waals surface area contributed by atoms with E-state index in [9.17, 15) is 4.79 Å². The Labute approximate surface area is 178 Å². The standard InChI is InChI=1S/C23H15Cl2NO3/c24-18-8-4-5-16(11-18)14-28-21-10-9-15(13-20(21)25)12-19-22(26-29-23(19)27)17-6-2-1-3-7-17/h1-13H,14H2/b19-12-. The molecule has 29 heavy (non-hydrogen) atoms. The Morgan fingerprint density at radius 1 is 0.966 bits per heavy atom. The van der Waals surface area contributed by atoms with Crippen molar-refractivity contribution < 1.29 is 14.4 Å². The van der Waals surface area contributed by atoms with E-state index in [0.29, 0.717) is 33.7 Å². The van der Waals surface area contributed by atoms with E-state index in [1.165, 1.54) is 0 Å². The fourth-order valence-corrected chi connectivity index (χ4v) is 3.35. The summed E-state index contributed by atoms with van der Waals surface area (Å²) >= 11 is 12.4. The van der Waals surface area contributed by atoms with Gasteiger partial charge in [0.2, 0.25) is 0 Å². The Morgan fingerprint density at radius 2 is 1.79 bits per heavy atom. The largest absolute Gasteiger partial charge is 0.487 e. The van der Waals surface area contributed by atoms with Crippen LogP contribution in [0.2, 0.25) is 10.0 Å². The summed E-state index contributed by atoms with van der Waals surface area (Å²) in [5.41, 5.74) is 3.35. The molecule has 0 radical (unpaired) electrons. The number of hydrogen-bond acceptors (Lipinski definition) is 4. The van der Waals surface area contributed by atoms with Crippen LogP contribution >= 0.6 is 23.2 Å². The fraction of sp³-hybridized carbons (Fsp3) is 0.0435. The minimum atomic E-state index is -0.499. The Morgan fingerprint density at radius 3 is 2.55 bits per heavy atom. The Balaban J connectivity index is 1.54. The highest BCUT2D eigenvalue weighted by Gasteiger charge is 2.26. The molecular weight excluding hydrogens is 409 g/mol. The SMILES string of the molecule is O=C1ON=C(c2ccccc2)/C1=C/c1ccc(OCc2cccc(Cl)c2)c(Cl)c1. The van der Waals surface area contributed by atoms with Gasteiger partial charge in [-0.2, -0.15) is 0 Å². The quantitative estimate of drug-likeness (QED) is 0.378. The van der Waals surface area contributed by atoms with E-state index in [1.54, 1.807) is 24.3 Å². The highest BCUT2D eigenvalue weighted by molar-refractivity contribution is 6.33. The molecule has 0 N–H and O–H groups in total. The number of rotatable bonds is 5. The summed E-state index contributed by atoms with van der Waals surface area (Å²) in [6, 6.07) is 22.1. The molecule has 0 saturated heterocycles. The molecule has 0 saturated carbocycles. The molecule has 0 aromatic heterocycles. The molecule has 4 nitrogen and oxygen atoms in total. The first-order valence-electron chi connectivity index (χ1n) is 8.84. The second kappa shape index (κ2) is 8.52. The van der Waals surface area contributed by atoms with Crippen LogP contribution in [0.4, 0.5) is 0 Å². The lowest BCUT2D eigenvalue weighted by Crippen LogP contribution is -2.06. The van der Waals surface area contributed by atoms with Gasteiger partial charge in [0.05, 0.1) is 10.6 Å². The lowest BCUT2D eigenvalue weighted by Gasteiger charge is -2.09. The minimum absolute atomic E-state index is 0.345. The van der Waals surface area contributed by atoms with E-state index in [2.05, 4.69) is 5.16 Å². The van der Waals surface area contributed by atoms with E-state index in [-0.39, 0.29) is 0 Å². The number of hydrogen-bond donors (Lipinski definition) is 0. The van der Waals surface area contributed by atoms with Gasteiger partial charge in [0.1, 0.15) is 18.1 Å². The first-order valence-corrected chi connectivity index (χ1v) is 9.59. The molecule has 3 aromatic carbocycles. The lowest BCUT2D eigenvalue weighted by atomic mass is 10.0. The average Bonchev–Trinajstić information content (AvgIpc) is 3.08. The Kier molecular flexibility index (Phi) is 5.65. The molecule has 1 aliphatic rings. The van der Waals surface area contributed by atoms with Crippen LogP contribution in [0.1, 0.15) is 16.7 Å². The highest BCUT2D eigenvalue weighted by atomic mass is 35.5. The van der Waals surface area contributed by atoms with Crippen LogP contribution in [0.15, 0.2) is 83.5 Å². The number of benzene rings is 3. The van der Waals surface area contributed by atoms with E-state index in [0.717, 1.165) is 16.7 Å². The molecule has 0 amide bonds. The summed E-state index contributed by atoms with van der Waals surface area (Å²) < 4.78 is 5.79. The van der Waals surface area contributed by atoms with Gasteiger partial charge in [0.15, 0.2) is 0 Å². The maximum atomic E-state index is 12.1. The van der Waals surface area contributed by atoms with Crippen molar-refractivity contribution in [2.24, 2.45) is 5.16 Å². The fourth-order valence-electron chi connectivity index (χ4n) is 2.89. The van der Waals surface area contributed by atoms with Gasteiger partial charge < -0.3 is 9.57 Å². The van der Waals surface area contributed by atoms with Crippen LogP contribution in [0, 0.1) is 0 Å². The summed E-state index contributed by atoms with van der Waals surface area (Å²) in [6.45, 7) is 0.345. The monoisotopic (exact) mass is 423 g/mol. The summed E-state index contributed by atoms with van der Waals surface area (Å²) in [5.74, 6) is 0.0426. The topological polar surface area (TPSA) is 47.9 Å². The van der Waals surface area contributed by atoms with E-state index in [1.807, 2.05) is 54.6 Å². The Bertz CT molecular complexity index is 1120. The number of carbonyl (C=O) groups is 1. The third kappa shape index (κ3) is 4.50. The summed E-state index contributed by atoms with van der Waals surface area (Å²) in [7, 11) is 0. The lowest BCUT2D eigenvalue weighted by molar-refractivity contribution is -0.136. The van der Waals surface area contributed by atoms with Gasteiger partial charge in [-0.25, -0.2) is 4.79 Å². The van der Waals surface area contributed by atoms with Crippen molar-refractivity contribution in [3.8, 4) is 5.75 Å². The van der Waals surface area contributed by atoms with E-state index < -0.39 is 5.97 Å². The van der Waals surface area contributed by atoms with Crippen molar-refractivity contribution >= 4 is 41.0 Å². The van der Waals surface area contributed by atoms with Gasteiger partial charge in [-0.15, -0.1) is 0 Å². The maximum absolute atomic E-state index is 12.1. The van der Waals surface area contributed by atoms with Crippen LogP contribution in [0.5, 0.6) is 5.75 Å². The van der Waals surface area contributed by atoms with Crippen molar-refractivity contribution in [3.63, 3.8) is 0 Å². The molecule has 4 rings (SSSR count). The van der Waals surface area contributed by atoms with Gasteiger partial charge in [-0.05, 0) is 41.5 Å². The van der Waals surface area contributed by atoms with Crippen molar-refractivity contribution in [1.29, 1.82) is 0 Å². The number of oxime groups is 1. The van der Waals surface area contributed by atoms with Crippen LogP contribution < -0.4 is 4.74 Å². The molecule has 0 fully saturated rings. The minimum Gasteiger partial charge on any atom is -0.487 e. The van der Waals surface area contributed by atoms with Crippen molar-refractivity contribution in [2.75, 3.05) is 0 Å². The zero-order valence-corrected chi connectivity index (χ0v) is 16.7. The second-order valence-electron chi connectivity index (χ2n) is 6.35. The number of halogens is 2. The first-order chi connectivity index (χ1) is 14.1. The zero-order valence-electron chi connectivity index (χ0n) is 15.1. The normalized spacial score (nSPS) is 14.6. The van der Waals surface area contributed by atoms with E-state index >= 15 is 0 Å². The predicted molar refractivity (Wildman–Crippen MR) is 114 cm³/mol. The molecule has 0 spiro atoms. The molecule has 0 unspecified atom stereocenters. The van der Waals surface area contributed by atoms with Gasteiger partial charge in [-0.3, -0.25) is 0 Å². The molecule has 0 aliphatic carbocycles. The molecule has 144 valence electrons. The third-order valence-electron chi connectivity index (χ3n) is 4.29. The van der Waals surface area contributed by atoms with E-state index in [4.69, 9.17) is 32.8 Å². The number of nitrogens with zero attached hydrogens (tertiary/aromatic N) is 1.